The second-order valence-electron chi connectivity index (χ2n) is 15.1. The molecule has 0 N–H and O–H groups in total. The molecule has 0 amide bonds. The summed E-state index contributed by atoms with van der Waals surface area (Å²) in [4.78, 5) is 24.2. The van der Waals surface area contributed by atoms with Gasteiger partial charge in [-0.05, 0) is 116 Å². The highest BCUT2D eigenvalue weighted by molar-refractivity contribution is 6.12. The van der Waals surface area contributed by atoms with E-state index in [-0.39, 0.29) is 0 Å². The van der Waals surface area contributed by atoms with Crippen LogP contribution in [0.3, 0.4) is 0 Å². The molecule has 7 heteroatoms. The van der Waals surface area contributed by atoms with Crippen LogP contribution in [0.4, 0.5) is 17.1 Å². The van der Waals surface area contributed by atoms with E-state index >= 15 is 0 Å². The summed E-state index contributed by atoms with van der Waals surface area (Å²) < 4.78 is 6.18. The smallest absolute Gasteiger partial charge is 0.154 e. The molecular formula is C53H32N6O. The maximum Gasteiger partial charge on any atom is 0.154 e. The van der Waals surface area contributed by atoms with Gasteiger partial charge in [-0.25, -0.2) is 19.9 Å². The average Bonchev–Trinajstić information content (AvgIpc) is 3.70. The fraction of sp³-hybridized carbons (Fsp3) is 0. The Bertz CT molecular complexity index is 3470. The lowest BCUT2D eigenvalue weighted by Crippen LogP contribution is -2.10. The summed E-state index contributed by atoms with van der Waals surface area (Å²) in [6, 6.07) is 56.4. The van der Waals surface area contributed by atoms with Crippen molar-refractivity contribution in [3.63, 3.8) is 0 Å². The number of hydrogen-bond donors (Lipinski definition) is 0. The normalized spacial score (nSPS) is 11.7. The van der Waals surface area contributed by atoms with Crippen molar-refractivity contribution in [2.45, 2.75) is 0 Å². The Labute approximate surface area is 343 Å². The van der Waals surface area contributed by atoms with Gasteiger partial charge in [-0.1, -0.05) is 91.0 Å². The van der Waals surface area contributed by atoms with Crippen molar-refractivity contribution in [3.8, 4) is 33.4 Å². The molecule has 0 saturated carbocycles. The van der Waals surface area contributed by atoms with Gasteiger partial charge in [0.15, 0.2) is 5.58 Å². The van der Waals surface area contributed by atoms with E-state index in [4.69, 9.17) is 4.42 Å². The molecule has 0 atom stereocenters. The molecule has 0 radical (unpaired) electrons. The molecule has 12 aromatic rings. The first-order valence-electron chi connectivity index (χ1n) is 19.8. The monoisotopic (exact) mass is 768 g/mol. The Hall–Kier alpha value is -8.29. The minimum absolute atomic E-state index is 0.780. The van der Waals surface area contributed by atoms with Crippen LogP contribution < -0.4 is 4.90 Å². The van der Waals surface area contributed by atoms with Gasteiger partial charge in [0.25, 0.3) is 0 Å². The summed E-state index contributed by atoms with van der Waals surface area (Å²) in [5, 5.41) is 8.83. The number of anilines is 3. The Morgan fingerprint density at radius 3 is 1.48 bits per heavy atom. The highest BCUT2D eigenvalue weighted by Gasteiger charge is 2.17. The molecule has 0 unspecified atom stereocenters. The number of fused-ring (bicyclic) bond motifs is 7. The molecule has 0 spiro atoms. The van der Waals surface area contributed by atoms with Gasteiger partial charge >= 0.3 is 0 Å². The zero-order valence-corrected chi connectivity index (χ0v) is 32.1. The molecule has 7 nitrogen and oxygen atoms in total. The van der Waals surface area contributed by atoms with Crippen LogP contribution in [-0.4, -0.2) is 24.9 Å². The summed E-state index contributed by atoms with van der Waals surface area (Å²) >= 11 is 0. The summed E-state index contributed by atoms with van der Waals surface area (Å²) in [6.45, 7) is 0. The van der Waals surface area contributed by atoms with Crippen LogP contribution in [-0.2, 0) is 0 Å². The van der Waals surface area contributed by atoms with Crippen molar-refractivity contribution < 1.29 is 4.42 Å². The first kappa shape index (κ1) is 33.8. The van der Waals surface area contributed by atoms with Crippen LogP contribution in [0.25, 0.3) is 98.7 Å². The molecule has 4 aromatic heterocycles. The topological polar surface area (TPSA) is 80.8 Å². The van der Waals surface area contributed by atoms with Crippen molar-refractivity contribution in [2.75, 3.05) is 4.90 Å². The second kappa shape index (κ2) is 13.7. The van der Waals surface area contributed by atoms with E-state index < -0.39 is 0 Å². The summed E-state index contributed by atoms with van der Waals surface area (Å²) in [6.07, 6.45) is 10.6. The van der Waals surface area contributed by atoms with Gasteiger partial charge in [0.2, 0.25) is 0 Å². The fourth-order valence-electron chi connectivity index (χ4n) is 8.54. The fourth-order valence-corrected chi connectivity index (χ4v) is 8.54. The van der Waals surface area contributed by atoms with Crippen molar-refractivity contribution in [2.24, 2.45) is 0 Å². The lowest BCUT2D eigenvalue weighted by Gasteiger charge is -2.26. The van der Waals surface area contributed by atoms with Crippen LogP contribution >= 0.6 is 0 Å². The van der Waals surface area contributed by atoms with Crippen LogP contribution in [0.1, 0.15) is 0 Å². The van der Waals surface area contributed by atoms with Crippen LogP contribution in [0, 0.1) is 0 Å². The van der Waals surface area contributed by atoms with E-state index in [1.807, 2.05) is 30.7 Å². The van der Waals surface area contributed by atoms with E-state index in [0.29, 0.717) is 0 Å². The molecule has 8 aromatic carbocycles. The van der Waals surface area contributed by atoms with E-state index in [9.17, 15) is 0 Å². The predicted octanol–water partition coefficient (Wildman–Crippen LogP) is 13.6. The van der Waals surface area contributed by atoms with Crippen molar-refractivity contribution in [1.29, 1.82) is 0 Å². The third-order valence-electron chi connectivity index (χ3n) is 11.6. The Kier molecular flexibility index (Phi) is 7.71. The molecule has 4 heterocycles. The molecule has 280 valence electrons. The number of hydrogen-bond acceptors (Lipinski definition) is 7. The van der Waals surface area contributed by atoms with E-state index in [1.165, 1.54) is 0 Å². The molecule has 60 heavy (non-hydrogen) atoms. The minimum atomic E-state index is 0.780. The first-order valence-corrected chi connectivity index (χ1v) is 19.8. The maximum absolute atomic E-state index is 6.18. The van der Waals surface area contributed by atoms with Crippen LogP contribution in [0.15, 0.2) is 200 Å². The number of benzene rings is 8. The lowest BCUT2D eigenvalue weighted by atomic mass is 9.98. The molecule has 0 aliphatic rings. The Morgan fingerprint density at radius 2 is 0.867 bits per heavy atom. The lowest BCUT2D eigenvalue weighted by molar-refractivity contribution is 0.667. The van der Waals surface area contributed by atoms with Crippen molar-refractivity contribution in [3.05, 3.63) is 195 Å². The zero-order chi connectivity index (χ0) is 39.6. The highest BCUT2D eigenvalue weighted by atomic mass is 16.3. The molecule has 0 bridgehead atoms. The van der Waals surface area contributed by atoms with Gasteiger partial charge in [0.05, 0.1) is 17.2 Å². The SMILES string of the molecule is c1ccc2c(c1)oc1cncc(-c3ccc(N(c4ccc5cc(-c6ccc7cncnc7c6)ccc5c4)c4ccc5cc(-c6ccc7cncnc7c6)ccc5c4)cc3)c12. The van der Waals surface area contributed by atoms with E-state index in [0.717, 1.165) is 116 Å². The molecule has 0 aliphatic carbocycles. The minimum Gasteiger partial charge on any atom is -0.454 e. The van der Waals surface area contributed by atoms with Crippen molar-refractivity contribution in [1.82, 2.24) is 24.9 Å². The molecule has 0 fully saturated rings. The number of furan rings is 1. The largest absolute Gasteiger partial charge is 0.454 e. The molecule has 0 aliphatic heterocycles. The highest BCUT2D eigenvalue weighted by Crippen LogP contribution is 2.41. The van der Waals surface area contributed by atoms with Gasteiger partial charge in [-0.3, -0.25) is 4.98 Å². The number of rotatable bonds is 6. The second-order valence-corrected chi connectivity index (χ2v) is 15.1. The summed E-state index contributed by atoms with van der Waals surface area (Å²) in [5.41, 5.74) is 13.3. The first-order chi connectivity index (χ1) is 29.7. The van der Waals surface area contributed by atoms with Crippen molar-refractivity contribution >= 4 is 82.4 Å². The van der Waals surface area contributed by atoms with Gasteiger partial charge in [0.1, 0.15) is 18.2 Å². The summed E-state index contributed by atoms with van der Waals surface area (Å²) in [7, 11) is 0. The van der Waals surface area contributed by atoms with Crippen LogP contribution in [0.2, 0.25) is 0 Å². The van der Waals surface area contributed by atoms with Gasteiger partial charge in [-0.15, -0.1) is 0 Å². The number of aromatic nitrogens is 5. The standard InChI is InChI=1S/C53H32N6O/c1-2-4-51-47(3-1)53-48(29-54-30-52(53)60-51)33-13-17-44(18-14-33)59(45-19-15-36-21-34(5-7-38(36)23-45)40-9-11-42-27-55-31-57-49(42)25-40)46-20-16-37-22-35(6-8-39(37)24-46)41-10-12-43-28-56-32-58-50(43)26-41/h1-32H. The average molecular weight is 769 g/mol. The van der Waals surface area contributed by atoms with Crippen LogP contribution in [0.5, 0.6) is 0 Å². The third-order valence-corrected chi connectivity index (χ3v) is 11.6. The molecule has 12 rings (SSSR count). The summed E-state index contributed by atoms with van der Waals surface area (Å²) in [5.74, 6) is 0. The zero-order valence-electron chi connectivity index (χ0n) is 32.1. The molecular weight excluding hydrogens is 737 g/mol. The van der Waals surface area contributed by atoms with Gasteiger partial charge in [0, 0.05) is 62.8 Å². The maximum atomic E-state index is 6.18. The van der Waals surface area contributed by atoms with E-state index in [1.54, 1.807) is 18.9 Å². The number of para-hydroxylation sites is 1. The Balaban J connectivity index is 0.955. The third kappa shape index (κ3) is 5.79. The quantitative estimate of drug-likeness (QED) is 0.167. The number of nitrogens with zero attached hydrogens (tertiary/aromatic N) is 6. The molecule has 0 saturated heterocycles. The number of pyridine rings is 1. The predicted molar refractivity (Wildman–Crippen MR) is 244 cm³/mol. The Morgan fingerprint density at radius 1 is 0.367 bits per heavy atom. The van der Waals surface area contributed by atoms with E-state index in [2.05, 4.69) is 175 Å². The van der Waals surface area contributed by atoms with Gasteiger partial charge in [-0.2, -0.15) is 0 Å². The van der Waals surface area contributed by atoms with Gasteiger partial charge < -0.3 is 9.32 Å².